The lowest BCUT2D eigenvalue weighted by atomic mass is 9.90. The van der Waals surface area contributed by atoms with Crippen molar-refractivity contribution >= 4 is 12.1 Å². The number of aliphatic carboxylic acids is 1. The molecule has 1 amide bonds. The molecular weight excluding hydrogens is 296 g/mol. The van der Waals surface area contributed by atoms with Crippen LogP contribution in [0.15, 0.2) is 54.9 Å². The Kier molecular flexibility index (Phi) is 5.30. The van der Waals surface area contributed by atoms with Crippen LogP contribution in [0, 0.1) is 0 Å². The minimum atomic E-state index is -1.10. The number of carbonyl (C=O) groups excluding carboxylic acids is 1. The summed E-state index contributed by atoms with van der Waals surface area (Å²) < 4.78 is 5.16. The van der Waals surface area contributed by atoms with Gasteiger partial charge in [0, 0.05) is 12.4 Å². The number of nitrogens with one attached hydrogen (secondary N) is 1. The van der Waals surface area contributed by atoms with Gasteiger partial charge in [-0.3, -0.25) is 9.78 Å². The van der Waals surface area contributed by atoms with Gasteiger partial charge in [0.25, 0.3) is 0 Å². The van der Waals surface area contributed by atoms with E-state index in [1.165, 1.54) is 6.20 Å². The second-order valence-corrected chi connectivity index (χ2v) is 5.33. The fourth-order valence-electron chi connectivity index (χ4n) is 2.19. The molecular formula is C17H18N2O4. The standard InChI is InChI=1S/C17H18N2O4/c1-17(10-15(20)21,14-8-5-9-18-11-14)19-16(22)23-12-13-6-3-2-4-7-13/h2-9,11H,10,12H2,1H3,(H,19,22)(H,20,21). The van der Waals surface area contributed by atoms with Crippen molar-refractivity contribution < 1.29 is 19.4 Å². The molecule has 1 aromatic carbocycles. The van der Waals surface area contributed by atoms with Crippen molar-refractivity contribution in [1.82, 2.24) is 10.3 Å². The molecule has 23 heavy (non-hydrogen) atoms. The van der Waals surface area contributed by atoms with Crippen molar-refractivity contribution in [2.45, 2.75) is 25.5 Å². The molecule has 1 heterocycles. The van der Waals surface area contributed by atoms with Crippen molar-refractivity contribution in [3.8, 4) is 0 Å². The molecule has 6 heteroatoms. The molecule has 1 atom stereocenters. The Morgan fingerprint density at radius 3 is 2.57 bits per heavy atom. The normalized spacial score (nSPS) is 12.9. The first kappa shape index (κ1) is 16.5. The van der Waals surface area contributed by atoms with Gasteiger partial charge in [-0.2, -0.15) is 0 Å². The lowest BCUT2D eigenvalue weighted by Crippen LogP contribution is -2.45. The van der Waals surface area contributed by atoms with Crippen molar-refractivity contribution in [3.05, 3.63) is 66.0 Å². The predicted molar refractivity (Wildman–Crippen MR) is 83.6 cm³/mol. The van der Waals surface area contributed by atoms with Crippen LogP contribution in [0.1, 0.15) is 24.5 Å². The molecule has 0 radical (unpaired) electrons. The summed E-state index contributed by atoms with van der Waals surface area (Å²) in [7, 11) is 0. The van der Waals surface area contributed by atoms with Crippen LogP contribution in [-0.2, 0) is 21.7 Å². The highest BCUT2D eigenvalue weighted by Crippen LogP contribution is 2.24. The third-order valence-corrected chi connectivity index (χ3v) is 3.39. The van der Waals surface area contributed by atoms with Crippen LogP contribution >= 0.6 is 0 Å². The smallest absolute Gasteiger partial charge is 0.408 e. The average Bonchev–Trinajstić information content (AvgIpc) is 2.54. The largest absolute Gasteiger partial charge is 0.481 e. The molecule has 0 fully saturated rings. The number of carbonyl (C=O) groups is 2. The molecule has 0 aliphatic carbocycles. The Morgan fingerprint density at radius 1 is 1.22 bits per heavy atom. The van der Waals surface area contributed by atoms with Gasteiger partial charge in [-0.1, -0.05) is 36.4 Å². The second-order valence-electron chi connectivity index (χ2n) is 5.33. The first-order chi connectivity index (χ1) is 11.0. The maximum atomic E-state index is 12.0. The van der Waals surface area contributed by atoms with E-state index in [1.807, 2.05) is 30.3 Å². The lowest BCUT2D eigenvalue weighted by molar-refractivity contribution is -0.138. The number of alkyl carbamates (subject to hydrolysis) is 1. The maximum Gasteiger partial charge on any atom is 0.408 e. The van der Waals surface area contributed by atoms with Crippen molar-refractivity contribution in [2.24, 2.45) is 0 Å². The number of hydrogen-bond donors (Lipinski definition) is 2. The Balaban J connectivity index is 2.05. The number of aromatic nitrogens is 1. The average molecular weight is 314 g/mol. The van der Waals surface area contributed by atoms with Crippen molar-refractivity contribution in [1.29, 1.82) is 0 Å². The molecule has 1 aromatic heterocycles. The number of nitrogens with zero attached hydrogens (tertiary/aromatic N) is 1. The minimum absolute atomic E-state index is 0.114. The van der Waals surface area contributed by atoms with Crippen molar-refractivity contribution in [3.63, 3.8) is 0 Å². The Hall–Kier alpha value is -2.89. The fraction of sp³-hybridized carbons (Fsp3) is 0.235. The van der Waals surface area contributed by atoms with E-state index in [2.05, 4.69) is 10.3 Å². The molecule has 1 unspecified atom stereocenters. The highest BCUT2D eigenvalue weighted by Gasteiger charge is 2.32. The molecule has 2 rings (SSSR count). The zero-order valence-corrected chi connectivity index (χ0v) is 12.7. The van der Waals surface area contributed by atoms with Crippen molar-refractivity contribution in [2.75, 3.05) is 0 Å². The molecule has 120 valence electrons. The number of pyridine rings is 1. The van der Waals surface area contributed by atoms with Crippen LogP contribution in [0.5, 0.6) is 0 Å². The fourth-order valence-corrected chi connectivity index (χ4v) is 2.19. The molecule has 0 aliphatic heterocycles. The van der Waals surface area contributed by atoms with E-state index in [0.29, 0.717) is 5.56 Å². The van der Waals surface area contributed by atoms with Gasteiger partial charge in [0.05, 0.1) is 12.0 Å². The van der Waals surface area contributed by atoms with E-state index >= 15 is 0 Å². The number of carboxylic acid groups (broad SMARTS) is 1. The summed E-state index contributed by atoms with van der Waals surface area (Å²) in [4.78, 5) is 27.2. The monoisotopic (exact) mass is 314 g/mol. The van der Waals surface area contributed by atoms with Crippen LogP contribution < -0.4 is 5.32 Å². The number of carboxylic acids is 1. The van der Waals surface area contributed by atoms with Gasteiger partial charge in [-0.25, -0.2) is 4.79 Å². The Bertz CT molecular complexity index is 661. The predicted octanol–water partition coefficient (Wildman–Crippen LogP) is 2.70. The topological polar surface area (TPSA) is 88.5 Å². The van der Waals surface area contributed by atoms with E-state index in [4.69, 9.17) is 9.84 Å². The first-order valence-corrected chi connectivity index (χ1v) is 7.11. The number of benzene rings is 1. The highest BCUT2D eigenvalue weighted by atomic mass is 16.5. The molecule has 6 nitrogen and oxygen atoms in total. The highest BCUT2D eigenvalue weighted by molar-refractivity contribution is 5.73. The second kappa shape index (κ2) is 7.40. The summed E-state index contributed by atoms with van der Waals surface area (Å²) in [5.41, 5.74) is 0.344. The SMILES string of the molecule is CC(CC(=O)O)(NC(=O)OCc1ccccc1)c1cccnc1. The summed E-state index contributed by atoms with van der Waals surface area (Å²) in [6.07, 6.45) is 2.15. The van der Waals surface area contributed by atoms with Gasteiger partial charge in [0.2, 0.25) is 0 Å². The van der Waals surface area contributed by atoms with E-state index in [9.17, 15) is 9.59 Å². The molecule has 0 spiro atoms. The molecule has 0 saturated heterocycles. The molecule has 0 aliphatic rings. The third kappa shape index (κ3) is 4.81. The number of rotatable bonds is 6. The van der Waals surface area contributed by atoms with E-state index in [0.717, 1.165) is 5.56 Å². The summed E-state index contributed by atoms with van der Waals surface area (Å²) in [6, 6.07) is 12.6. The van der Waals surface area contributed by atoms with Crippen LogP contribution in [0.25, 0.3) is 0 Å². The van der Waals surface area contributed by atoms with E-state index < -0.39 is 17.6 Å². The van der Waals surface area contributed by atoms with Gasteiger partial charge < -0.3 is 15.2 Å². The summed E-state index contributed by atoms with van der Waals surface area (Å²) >= 11 is 0. The first-order valence-electron chi connectivity index (χ1n) is 7.11. The molecule has 2 N–H and O–H groups in total. The summed E-state index contributed by atoms with van der Waals surface area (Å²) in [5, 5.41) is 11.7. The lowest BCUT2D eigenvalue weighted by Gasteiger charge is -2.29. The Labute approximate surface area is 134 Å². The minimum Gasteiger partial charge on any atom is -0.481 e. The van der Waals surface area contributed by atoms with Gasteiger partial charge >= 0.3 is 12.1 Å². The molecule has 2 aromatic rings. The van der Waals surface area contributed by atoms with Crippen LogP contribution in [-0.4, -0.2) is 22.2 Å². The number of hydrogen-bond acceptors (Lipinski definition) is 4. The van der Waals surface area contributed by atoms with Crippen LogP contribution in [0.4, 0.5) is 4.79 Å². The van der Waals surface area contributed by atoms with Crippen LogP contribution in [0.2, 0.25) is 0 Å². The number of amides is 1. The van der Waals surface area contributed by atoms with Crippen LogP contribution in [0.3, 0.4) is 0 Å². The van der Waals surface area contributed by atoms with E-state index in [1.54, 1.807) is 25.3 Å². The van der Waals surface area contributed by atoms with E-state index in [-0.39, 0.29) is 13.0 Å². The Morgan fingerprint density at radius 2 is 1.96 bits per heavy atom. The third-order valence-electron chi connectivity index (χ3n) is 3.39. The zero-order chi connectivity index (χ0) is 16.7. The summed E-state index contributed by atoms with van der Waals surface area (Å²) in [5.74, 6) is -1.03. The van der Waals surface area contributed by atoms with Gasteiger partial charge in [0.1, 0.15) is 6.61 Å². The molecule has 0 saturated carbocycles. The maximum absolute atomic E-state index is 12.0. The molecule has 0 bridgehead atoms. The van der Waals surface area contributed by atoms with Gasteiger partial charge in [0.15, 0.2) is 0 Å². The van der Waals surface area contributed by atoms with Gasteiger partial charge in [-0.15, -0.1) is 0 Å². The number of ether oxygens (including phenoxy) is 1. The summed E-state index contributed by atoms with van der Waals surface area (Å²) in [6.45, 7) is 1.74. The zero-order valence-electron chi connectivity index (χ0n) is 12.7. The quantitative estimate of drug-likeness (QED) is 0.856. The van der Waals surface area contributed by atoms with Gasteiger partial charge in [-0.05, 0) is 24.1 Å².